The van der Waals surface area contributed by atoms with Gasteiger partial charge in [-0.25, -0.2) is 9.78 Å². The zero-order valence-corrected chi connectivity index (χ0v) is 16.6. The Hall–Kier alpha value is -2.87. The van der Waals surface area contributed by atoms with Crippen LogP contribution in [0.15, 0.2) is 24.8 Å². The van der Waals surface area contributed by atoms with E-state index in [-0.39, 0.29) is 12.2 Å². The maximum atomic E-state index is 12.3. The SMILES string of the molecule is CCn1cnc(C2=Cc3c(N4CCN(C(=O)OC5COC5)CC4)ccnc3C2)c1. The van der Waals surface area contributed by atoms with Crippen LogP contribution in [0.25, 0.3) is 11.6 Å². The summed E-state index contributed by atoms with van der Waals surface area (Å²) in [6.07, 6.45) is 8.57. The Morgan fingerprint density at radius 1 is 1.24 bits per heavy atom. The van der Waals surface area contributed by atoms with Gasteiger partial charge in [0.05, 0.1) is 30.9 Å². The molecule has 152 valence electrons. The van der Waals surface area contributed by atoms with Crippen molar-refractivity contribution in [2.75, 3.05) is 44.3 Å². The Bertz CT molecular complexity index is 942. The molecule has 0 aromatic carbocycles. The van der Waals surface area contributed by atoms with Gasteiger partial charge in [-0.1, -0.05) is 0 Å². The van der Waals surface area contributed by atoms with Gasteiger partial charge in [0.1, 0.15) is 0 Å². The van der Waals surface area contributed by atoms with Gasteiger partial charge in [0.2, 0.25) is 0 Å². The summed E-state index contributed by atoms with van der Waals surface area (Å²) in [5.74, 6) is 0. The van der Waals surface area contributed by atoms with E-state index in [4.69, 9.17) is 9.47 Å². The Morgan fingerprint density at radius 2 is 2.07 bits per heavy atom. The van der Waals surface area contributed by atoms with Gasteiger partial charge < -0.3 is 23.8 Å². The molecule has 2 saturated heterocycles. The van der Waals surface area contributed by atoms with Crippen molar-refractivity contribution < 1.29 is 14.3 Å². The highest BCUT2D eigenvalue weighted by atomic mass is 16.6. The van der Waals surface area contributed by atoms with Crippen molar-refractivity contribution >= 4 is 23.4 Å². The molecule has 2 fully saturated rings. The van der Waals surface area contributed by atoms with Gasteiger partial charge in [-0.2, -0.15) is 0 Å². The average Bonchev–Trinajstić information content (AvgIpc) is 3.37. The fraction of sp³-hybridized carbons (Fsp3) is 0.476. The average molecular weight is 395 g/mol. The summed E-state index contributed by atoms with van der Waals surface area (Å²) in [7, 11) is 0. The zero-order chi connectivity index (χ0) is 19.8. The lowest BCUT2D eigenvalue weighted by Gasteiger charge is -2.37. The van der Waals surface area contributed by atoms with E-state index in [9.17, 15) is 4.79 Å². The first-order valence-corrected chi connectivity index (χ1v) is 10.2. The largest absolute Gasteiger partial charge is 0.441 e. The topological polar surface area (TPSA) is 72.7 Å². The van der Waals surface area contributed by atoms with Crippen LogP contribution in [-0.2, 0) is 22.4 Å². The number of aromatic nitrogens is 3. The summed E-state index contributed by atoms with van der Waals surface area (Å²) in [6.45, 7) is 6.91. The number of fused-ring (bicyclic) bond motifs is 1. The van der Waals surface area contributed by atoms with Crippen molar-refractivity contribution in [3.05, 3.63) is 41.7 Å². The number of carbonyl (C=O) groups is 1. The van der Waals surface area contributed by atoms with Crippen LogP contribution in [0.1, 0.15) is 23.9 Å². The van der Waals surface area contributed by atoms with Crippen molar-refractivity contribution in [2.24, 2.45) is 0 Å². The van der Waals surface area contributed by atoms with E-state index in [1.54, 1.807) is 4.90 Å². The van der Waals surface area contributed by atoms with Crippen LogP contribution in [0, 0.1) is 0 Å². The number of amides is 1. The molecule has 8 heteroatoms. The van der Waals surface area contributed by atoms with Crippen LogP contribution in [0.5, 0.6) is 0 Å². The molecule has 3 aliphatic rings. The molecule has 4 heterocycles. The van der Waals surface area contributed by atoms with Gasteiger partial charge in [-0.3, -0.25) is 4.98 Å². The highest BCUT2D eigenvalue weighted by Crippen LogP contribution is 2.35. The number of imidazole rings is 1. The summed E-state index contributed by atoms with van der Waals surface area (Å²) in [6, 6.07) is 2.07. The molecular weight excluding hydrogens is 370 g/mol. The second kappa shape index (κ2) is 7.51. The molecule has 5 rings (SSSR count). The molecule has 1 aliphatic carbocycles. The summed E-state index contributed by atoms with van der Waals surface area (Å²) >= 11 is 0. The summed E-state index contributed by atoms with van der Waals surface area (Å²) in [4.78, 5) is 25.5. The van der Waals surface area contributed by atoms with E-state index in [1.165, 1.54) is 16.8 Å². The number of hydrogen-bond donors (Lipinski definition) is 0. The summed E-state index contributed by atoms with van der Waals surface area (Å²) in [5.41, 5.74) is 5.67. The molecule has 2 aromatic rings. The first-order chi connectivity index (χ1) is 14.2. The van der Waals surface area contributed by atoms with E-state index in [1.807, 2.05) is 12.5 Å². The minimum atomic E-state index is -0.230. The number of anilines is 1. The lowest BCUT2D eigenvalue weighted by molar-refractivity contribution is -0.104. The number of carbonyl (C=O) groups excluding carboxylic acids is 1. The standard InChI is InChI=1S/C21H25N5O3/c1-2-24-11-19(23-14-24)15-9-17-18(10-15)22-4-3-20(17)25-5-7-26(8-6-25)21(27)29-16-12-28-13-16/h3-4,9,11,14,16H,2,5-8,10,12-13H2,1H3. The highest BCUT2D eigenvalue weighted by molar-refractivity contribution is 5.91. The summed E-state index contributed by atoms with van der Waals surface area (Å²) < 4.78 is 12.6. The maximum absolute atomic E-state index is 12.3. The van der Waals surface area contributed by atoms with Crippen molar-refractivity contribution in [3.63, 3.8) is 0 Å². The molecule has 1 amide bonds. The molecule has 0 bridgehead atoms. The minimum absolute atomic E-state index is 0.0799. The molecule has 0 unspecified atom stereocenters. The number of rotatable bonds is 4. The van der Waals surface area contributed by atoms with E-state index < -0.39 is 0 Å². The van der Waals surface area contributed by atoms with Crippen LogP contribution in [-0.4, -0.2) is 71.0 Å². The monoisotopic (exact) mass is 395 g/mol. The molecule has 29 heavy (non-hydrogen) atoms. The van der Waals surface area contributed by atoms with Crippen molar-refractivity contribution in [3.8, 4) is 0 Å². The minimum Gasteiger partial charge on any atom is -0.441 e. The van der Waals surface area contributed by atoms with Gasteiger partial charge in [0.25, 0.3) is 0 Å². The van der Waals surface area contributed by atoms with Gasteiger partial charge in [0.15, 0.2) is 6.10 Å². The molecule has 2 aliphatic heterocycles. The van der Waals surface area contributed by atoms with Crippen LogP contribution >= 0.6 is 0 Å². The Balaban J connectivity index is 1.28. The van der Waals surface area contributed by atoms with Gasteiger partial charge in [-0.15, -0.1) is 0 Å². The van der Waals surface area contributed by atoms with E-state index in [0.29, 0.717) is 26.3 Å². The van der Waals surface area contributed by atoms with Crippen LogP contribution in [0.2, 0.25) is 0 Å². The van der Waals surface area contributed by atoms with Gasteiger partial charge >= 0.3 is 6.09 Å². The lowest BCUT2D eigenvalue weighted by atomic mass is 10.1. The number of piperazine rings is 1. The quantitative estimate of drug-likeness (QED) is 0.789. The Kier molecular flexibility index (Phi) is 4.71. The molecule has 0 radical (unpaired) electrons. The van der Waals surface area contributed by atoms with Crippen molar-refractivity contribution in [1.29, 1.82) is 0 Å². The fourth-order valence-electron chi connectivity index (χ4n) is 3.98. The van der Waals surface area contributed by atoms with Crippen LogP contribution < -0.4 is 4.90 Å². The number of nitrogens with zero attached hydrogens (tertiary/aromatic N) is 5. The van der Waals surface area contributed by atoms with E-state index in [0.717, 1.165) is 37.4 Å². The predicted octanol–water partition coefficient (Wildman–Crippen LogP) is 2.05. The molecule has 2 aromatic heterocycles. The fourth-order valence-corrected chi connectivity index (χ4v) is 3.98. The summed E-state index contributed by atoms with van der Waals surface area (Å²) in [5, 5.41) is 0. The smallest absolute Gasteiger partial charge is 0.410 e. The number of allylic oxidation sites excluding steroid dienone is 1. The first kappa shape index (κ1) is 18.2. The third-order valence-corrected chi connectivity index (χ3v) is 5.81. The number of ether oxygens (including phenoxy) is 2. The highest BCUT2D eigenvalue weighted by Gasteiger charge is 2.29. The van der Waals surface area contributed by atoms with Crippen LogP contribution in [0.3, 0.4) is 0 Å². The third-order valence-electron chi connectivity index (χ3n) is 5.81. The first-order valence-electron chi connectivity index (χ1n) is 10.2. The predicted molar refractivity (Wildman–Crippen MR) is 109 cm³/mol. The van der Waals surface area contributed by atoms with E-state index in [2.05, 4.69) is 44.7 Å². The molecule has 0 spiro atoms. The molecule has 0 N–H and O–H groups in total. The number of pyridine rings is 1. The lowest BCUT2D eigenvalue weighted by Crippen LogP contribution is -2.51. The third kappa shape index (κ3) is 3.48. The van der Waals surface area contributed by atoms with E-state index >= 15 is 0 Å². The molecule has 0 saturated carbocycles. The molecule has 8 nitrogen and oxygen atoms in total. The Morgan fingerprint density at radius 3 is 2.76 bits per heavy atom. The normalized spacial score (nSPS) is 19.0. The number of hydrogen-bond acceptors (Lipinski definition) is 6. The van der Waals surface area contributed by atoms with Gasteiger partial charge in [0, 0.05) is 62.8 Å². The number of aryl methyl sites for hydroxylation is 1. The van der Waals surface area contributed by atoms with Crippen LogP contribution in [0.4, 0.5) is 10.5 Å². The van der Waals surface area contributed by atoms with Crippen molar-refractivity contribution in [1.82, 2.24) is 19.4 Å². The second-order valence-electron chi connectivity index (χ2n) is 7.64. The van der Waals surface area contributed by atoms with Gasteiger partial charge in [-0.05, 0) is 24.6 Å². The molecular formula is C21H25N5O3. The zero-order valence-electron chi connectivity index (χ0n) is 16.6. The molecule has 0 atom stereocenters. The Labute approximate surface area is 169 Å². The second-order valence-corrected chi connectivity index (χ2v) is 7.64. The maximum Gasteiger partial charge on any atom is 0.410 e. The van der Waals surface area contributed by atoms with Crippen molar-refractivity contribution in [2.45, 2.75) is 26.0 Å².